The van der Waals surface area contributed by atoms with Crippen molar-refractivity contribution in [1.82, 2.24) is 24.5 Å². The molecule has 0 unspecified atom stereocenters. The molecule has 0 aliphatic carbocycles. The third-order valence-corrected chi connectivity index (χ3v) is 4.39. The second-order valence-corrected chi connectivity index (χ2v) is 6.03. The Morgan fingerprint density at radius 3 is 2.65 bits per heavy atom. The molecule has 0 amide bonds. The highest BCUT2D eigenvalue weighted by molar-refractivity contribution is 6.30. The molecule has 118 valence electrons. The number of nitrogens with one attached hydrogen (secondary N) is 1. The highest BCUT2D eigenvalue weighted by Gasteiger charge is 2.25. The first kappa shape index (κ1) is 14.2. The molecule has 7 nitrogen and oxygen atoms in total. The van der Waals surface area contributed by atoms with Gasteiger partial charge in [-0.15, -0.1) is 0 Å². The molecular formula is C15H15ClN6O. The van der Waals surface area contributed by atoms with Gasteiger partial charge in [0.2, 0.25) is 5.95 Å². The number of nitrogens with zero attached hydrogens (tertiary/aromatic N) is 5. The molecule has 1 saturated heterocycles. The number of aromatic amines is 1. The van der Waals surface area contributed by atoms with Crippen molar-refractivity contribution < 1.29 is 0 Å². The molecule has 23 heavy (non-hydrogen) atoms. The zero-order chi connectivity index (χ0) is 15.8. The SMILES string of the molecule is O=c1[nH]c2cccnc2n1C1CCN(c2ncc(Cl)cn2)CC1. The molecule has 8 heteroatoms. The normalized spacial score (nSPS) is 16.1. The van der Waals surface area contributed by atoms with E-state index in [9.17, 15) is 4.79 Å². The zero-order valence-electron chi connectivity index (χ0n) is 12.3. The number of pyridine rings is 1. The van der Waals surface area contributed by atoms with E-state index in [1.165, 1.54) is 0 Å². The van der Waals surface area contributed by atoms with E-state index in [4.69, 9.17) is 11.6 Å². The fraction of sp³-hybridized carbons (Fsp3) is 0.333. The van der Waals surface area contributed by atoms with Crippen LogP contribution in [0.5, 0.6) is 0 Å². The number of hydrogen-bond acceptors (Lipinski definition) is 5. The number of anilines is 1. The summed E-state index contributed by atoms with van der Waals surface area (Å²) in [6.07, 6.45) is 6.60. The summed E-state index contributed by atoms with van der Waals surface area (Å²) in [6.45, 7) is 1.58. The van der Waals surface area contributed by atoms with Crippen molar-refractivity contribution in [2.45, 2.75) is 18.9 Å². The van der Waals surface area contributed by atoms with Crippen LogP contribution in [-0.2, 0) is 0 Å². The number of imidazole rings is 1. The second-order valence-electron chi connectivity index (χ2n) is 5.59. The van der Waals surface area contributed by atoms with Gasteiger partial charge in [-0.25, -0.2) is 19.7 Å². The molecule has 3 aromatic rings. The average molecular weight is 331 g/mol. The zero-order valence-corrected chi connectivity index (χ0v) is 13.1. The van der Waals surface area contributed by atoms with Crippen molar-refractivity contribution in [2.75, 3.05) is 18.0 Å². The highest BCUT2D eigenvalue weighted by atomic mass is 35.5. The first-order valence-electron chi connectivity index (χ1n) is 7.50. The lowest BCUT2D eigenvalue weighted by atomic mass is 10.1. The van der Waals surface area contributed by atoms with Crippen LogP contribution in [0.3, 0.4) is 0 Å². The summed E-state index contributed by atoms with van der Waals surface area (Å²) < 4.78 is 1.77. The smallest absolute Gasteiger partial charge is 0.327 e. The summed E-state index contributed by atoms with van der Waals surface area (Å²) in [6, 6.07) is 3.83. The number of H-pyrrole nitrogens is 1. The molecule has 4 heterocycles. The van der Waals surface area contributed by atoms with Crippen molar-refractivity contribution in [2.24, 2.45) is 0 Å². The summed E-state index contributed by atoms with van der Waals surface area (Å²) in [5.74, 6) is 0.678. The Morgan fingerprint density at radius 1 is 1.17 bits per heavy atom. The van der Waals surface area contributed by atoms with Gasteiger partial charge in [-0.2, -0.15) is 0 Å². The standard InChI is InChI=1S/C15H15ClN6O/c16-10-8-18-14(19-9-10)21-6-3-11(4-7-21)22-13-12(20-15(22)23)2-1-5-17-13/h1-2,5,8-9,11H,3-4,6-7H2,(H,20,23). The number of hydrogen-bond donors (Lipinski definition) is 1. The fourth-order valence-electron chi connectivity index (χ4n) is 3.09. The van der Waals surface area contributed by atoms with E-state index in [1.54, 1.807) is 23.2 Å². The van der Waals surface area contributed by atoms with E-state index >= 15 is 0 Å². The molecule has 3 aromatic heterocycles. The molecular weight excluding hydrogens is 316 g/mol. The van der Waals surface area contributed by atoms with E-state index in [2.05, 4.69) is 24.8 Å². The van der Waals surface area contributed by atoms with Gasteiger partial charge in [-0.1, -0.05) is 11.6 Å². The van der Waals surface area contributed by atoms with Crippen LogP contribution >= 0.6 is 11.6 Å². The number of fused-ring (bicyclic) bond motifs is 1. The molecule has 0 aromatic carbocycles. The van der Waals surface area contributed by atoms with Crippen LogP contribution in [0.15, 0.2) is 35.5 Å². The van der Waals surface area contributed by atoms with Gasteiger partial charge in [0.25, 0.3) is 0 Å². The minimum atomic E-state index is -0.0973. The topological polar surface area (TPSA) is 79.7 Å². The predicted molar refractivity (Wildman–Crippen MR) is 87.9 cm³/mol. The third-order valence-electron chi connectivity index (χ3n) is 4.19. The van der Waals surface area contributed by atoms with Crippen molar-refractivity contribution in [3.8, 4) is 0 Å². The Kier molecular flexibility index (Phi) is 3.49. The van der Waals surface area contributed by atoms with Crippen LogP contribution in [0.4, 0.5) is 5.95 Å². The Balaban J connectivity index is 1.56. The number of aromatic nitrogens is 5. The Bertz CT molecular complexity index is 879. The molecule has 0 radical (unpaired) electrons. The van der Waals surface area contributed by atoms with Gasteiger partial charge in [0.05, 0.1) is 22.9 Å². The van der Waals surface area contributed by atoms with E-state index in [0.717, 1.165) is 37.1 Å². The molecule has 0 saturated carbocycles. The van der Waals surface area contributed by atoms with Crippen LogP contribution in [0.1, 0.15) is 18.9 Å². The molecule has 1 aliphatic rings. The molecule has 0 atom stereocenters. The van der Waals surface area contributed by atoms with Gasteiger partial charge in [-0.05, 0) is 25.0 Å². The van der Waals surface area contributed by atoms with Gasteiger partial charge in [0.15, 0.2) is 5.65 Å². The maximum atomic E-state index is 12.2. The highest BCUT2D eigenvalue weighted by Crippen LogP contribution is 2.25. The Hall–Kier alpha value is -2.41. The second kappa shape index (κ2) is 5.66. The fourth-order valence-corrected chi connectivity index (χ4v) is 3.19. The van der Waals surface area contributed by atoms with Gasteiger partial charge in [-0.3, -0.25) is 4.57 Å². The Morgan fingerprint density at radius 2 is 1.91 bits per heavy atom. The lowest BCUT2D eigenvalue weighted by molar-refractivity contribution is 0.392. The minimum absolute atomic E-state index is 0.0973. The van der Waals surface area contributed by atoms with E-state index in [0.29, 0.717) is 11.0 Å². The van der Waals surface area contributed by atoms with E-state index < -0.39 is 0 Å². The van der Waals surface area contributed by atoms with Gasteiger partial charge >= 0.3 is 5.69 Å². The van der Waals surface area contributed by atoms with Crippen molar-refractivity contribution in [1.29, 1.82) is 0 Å². The number of halogens is 1. The van der Waals surface area contributed by atoms with Crippen LogP contribution < -0.4 is 10.6 Å². The molecule has 0 bridgehead atoms. The largest absolute Gasteiger partial charge is 0.341 e. The average Bonchev–Trinajstić information content (AvgIpc) is 2.91. The third kappa shape index (κ3) is 2.57. The van der Waals surface area contributed by atoms with Crippen molar-refractivity contribution in [3.05, 3.63) is 46.2 Å². The molecule has 4 rings (SSSR count). The van der Waals surface area contributed by atoms with Gasteiger partial charge in [0, 0.05) is 25.3 Å². The van der Waals surface area contributed by atoms with Gasteiger partial charge in [0.1, 0.15) is 0 Å². The molecule has 1 N–H and O–H groups in total. The van der Waals surface area contributed by atoms with Crippen LogP contribution in [-0.4, -0.2) is 37.6 Å². The summed E-state index contributed by atoms with van der Waals surface area (Å²) >= 11 is 5.82. The lowest BCUT2D eigenvalue weighted by Crippen LogP contribution is -2.37. The lowest BCUT2D eigenvalue weighted by Gasteiger charge is -2.32. The van der Waals surface area contributed by atoms with Crippen LogP contribution in [0, 0.1) is 0 Å². The summed E-state index contributed by atoms with van der Waals surface area (Å²) in [5.41, 5.74) is 1.40. The van der Waals surface area contributed by atoms with Crippen LogP contribution in [0.25, 0.3) is 11.2 Å². The van der Waals surface area contributed by atoms with Crippen molar-refractivity contribution >= 4 is 28.7 Å². The van der Waals surface area contributed by atoms with E-state index in [-0.39, 0.29) is 11.7 Å². The summed E-state index contributed by atoms with van der Waals surface area (Å²) in [7, 11) is 0. The predicted octanol–water partition coefficient (Wildman–Crippen LogP) is 2.01. The first-order chi connectivity index (χ1) is 11.2. The maximum Gasteiger partial charge on any atom is 0.327 e. The number of piperidine rings is 1. The minimum Gasteiger partial charge on any atom is -0.341 e. The summed E-state index contributed by atoms with van der Waals surface area (Å²) in [5, 5.41) is 0.528. The molecule has 1 fully saturated rings. The Labute approximate surface area is 137 Å². The monoisotopic (exact) mass is 330 g/mol. The summed E-state index contributed by atoms with van der Waals surface area (Å²) in [4.78, 5) is 30.1. The quantitative estimate of drug-likeness (QED) is 0.777. The number of rotatable bonds is 2. The van der Waals surface area contributed by atoms with E-state index in [1.807, 2.05) is 12.1 Å². The van der Waals surface area contributed by atoms with Crippen molar-refractivity contribution in [3.63, 3.8) is 0 Å². The first-order valence-corrected chi connectivity index (χ1v) is 7.88. The van der Waals surface area contributed by atoms with Gasteiger partial charge < -0.3 is 9.88 Å². The molecule has 0 spiro atoms. The maximum absolute atomic E-state index is 12.2. The molecule has 1 aliphatic heterocycles. The van der Waals surface area contributed by atoms with Crippen LogP contribution in [0.2, 0.25) is 5.02 Å².